The molecule has 18 heavy (non-hydrogen) atoms. The van der Waals surface area contributed by atoms with Crippen molar-refractivity contribution in [1.29, 1.82) is 0 Å². The molecule has 0 N–H and O–H groups in total. The van der Waals surface area contributed by atoms with Gasteiger partial charge in [-0.05, 0) is 12.1 Å². The Labute approximate surface area is 113 Å². The summed E-state index contributed by atoms with van der Waals surface area (Å²) in [6, 6.07) is 12.2. The van der Waals surface area contributed by atoms with Gasteiger partial charge in [0.05, 0.1) is 23.4 Å². The number of halogens is 1. The number of alkyl halides is 1. The van der Waals surface area contributed by atoms with Crippen LogP contribution in [0.3, 0.4) is 0 Å². The van der Waals surface area contributed by atoms with Gasteiger partial charge in [0.2, 0.25) is 0 Å². The van der Waals surface area contributed by atoms with Crippen LogP contribution in [-0.2, 0) is 11.9 Å². The Morgan fingerprint density at radius 3 is 2.78 bits per heavy atom. The Kier molecular flexibility index (Phi) is 3.06. The van der Waals surface area contributed by atoms with E-state index in [9.17, 15) is 0 Å². The monoisotopic (exact) mass is 302 g/mol. The second kappa shape index (κ2) is 4.86. The van der Waals surface area contributed by atoms with Crippen molar-refractivity contribution in [2.24, 2.45) is 0 Å². The van der Waals surface area contributed by atoms with Crippen LogP contribution in [0.4, 0.5) is 0 Å². The predicted molar refractivity (Wildman–Crippen MR) is 73.5 cm³/mol. The van der Waals surface area contributed by atoms with E-state index in [0.29, 0.717) is 6.54 Å². The molecule has 0 spiro atoms. The van der Waals surface area contributed by atoms with Crippen molar-refractivity contribution >= 4 is 26.8 Å². The third kappa shape index (κ3) is 2.26. The van der Waals surface area contributed by atoms with Crippen molar-refractivity contribution in [3.63, 3.8) is 0 Å². The highest BCUT2D eigenvalue weighted by Gasteiger charge is 2.02. The minimum Gasteiger partial charge on any atom is -0.251 e. The summed E-state index contributed by atoms with van der Waals surface area (Å²) in [6.07, 6.45) is 1.92. The molecule has 0 aliphatic rings. The molecule has 5 heteroatoms. The lowest BCUT2D eigenvalue weighted by molar-refractivity contribution is 0.640. The summed E-state index contributed by atoms with van der Waals surface area (Å²) < 4.78 is 1.80. The zero-order valence-electron chi connectivity index (χ0n) is 9.62. The second-order valence-corrected chi connectivity index (χ2v) is 4.60. The summed E-state index contributed by atoms with van der Waals surface area (Å²) in [6.45, 7) is 0.644. The number of hydrogen-bond donors (Lipinski definition) is 0. The molecule has 0 atom stereocenters. The Bertz CT molecular complexity index is 677. The van der Waals surface area contributed by atoms with E-state index in [0.717, 1.165) is 27.6 Å². The van der Waals surface area contributed by atoms with Gasteiger partial charge < -0.3 is 0 Å². The maximum Gasteiger partial charge on any atom is 0.0932 e. The first-order valence-electron chi connectivity index (χ1n) is 5.65. The zero-order valence-corrected chi connectivity index (χ0v) is 11.2. The molecule has 0 bridgehead atoms. The molecule has 2 aromatic heterocycles. The molecule has 0 aliphatic carbocycles. The van der Waals surface area contributed by atoms with Gasteiger partial charge in [-0.2, -0.15) is 0 Å². The van der Waals surface area contributed by atoms with Crippen LogP contribution >= 0.6 is 15.9 Å². The van der Waals surface area contributed by atoms with E-state index in [1.807, 2.05) is 30.5 Å². The normalized spacial score (nSPS) is 10.9. The first-order valence-corrected chi connectivity index (χ1v) is 6.77. The summed E-state index contributed by atoms with van der Waals surface area (Å²) >= 11 is 3.36. The summed E-state index contributed by atoms with van der Waals surface area (Å²) in [5.74, 6) is 0. The maximum absolute atomic E-state index is 4.61. The lowest BCUT2D eigenvalue weighted by atomic mass is 10.2. The molecule has 0 fully saturated rings. The molecule has 3 aromatic rings. The third-order valence-electron chi connectivity index (χ3n) is 2.70. The van der Waals surface area contributed by atoms with E-state index >= 15 is 0 Å². The summed E-state index contributed by atoms with van der Waals surface area (Å²) in [5.41, 5.74) is 2.92. The first kappa shape index (κ1) is 11.3. The van der Waals surface area contributed by atoms with Crippen LogP contribution in [0.25, 0.3) is 10.9 Å². The molecule has 2 heterocycles. The van der Waals surface area contributed by atoms with Crippen LogP contribution in [0.1, 0.15) is 11.4 Å². The van der Waals surface area contributed by atoms with Gasteiger partial charge in [0.1, 0.15) is 0 Å². The van der Waals surface area contributed by atoms with Crippen molar-refractivity contribution in [1.82, 2.24) is 20.0 Å². The van der Waals surface area contributed by atoms with Crippen molar-refractivity contribution in [2.75, 3.05) is 0 Å². The van der Waals surface area contributed by atoms with Crippen molar-refractivity contribution in [2.45, 2.75) is 11.9 Å². The van der Waals surface area contributed by atoms with E-state index in [1.165, 1.54) is 0 Å². The van der Waals surface area contributed by atoms with Gasteiger partial charge in [-0.25, -0.2) is 4.68 Å². The smallest absolute Gasteiger partial charge is 0.0932 e. The van der Waals surface area contributed by atoms with Gasteiger partial charge in [-0.15, -0.1) is 5.10 Å². The van der Waals surface area contributed by atoms with Gasteiger partial charge in [0.15, 0.2) is 0 Å². The fourth-order valence-electron chi connectivity index (χ4n) is 1.84. The highest BCUT2D eigenvalue weighted by atomic mass is 79.9. The standard InChI is InChI=1S/C13H11BrN4/c14-7-12-9-18(17-16-12)8-11-6-5-10-3-1-2-4-13(10)15-11/h1-6,9H,7-8H2. The van der Waals surface area contributed by atoms with E-state index in [-0.39, 0.29) is 0 Å². The first-order chi connectivity index (χ1) is 8.85. The molecule has 3 rings (SSSR count). The molecule has 90 valence electrons. The van der Waals surface area contributed by atoms with Crippen LogP contribution < -0.4 is 0 Å². The third-order valence-corrected chi connectivity index (χ3v) is 3.28. The zero-order chi connectivity index (χ0) is 12.4. The number of benzene rings is 1. The average molecular weight is 303 g/mol. The average Bonchev–Trinajstić information content (AvgIpc) is 2.86. The maximum atomic E-state index is 4.61. The lowest BCUT2D eigenvalue weighted by Gasteiger charge is -2.02. The highest BCUT2D eigenvalue weighted by Crippen LogP contribution is 2.12. The quantitative estimate of drug-likeness (QED) is 0.699. The molecule has 0 saturated carbocycles. The van der Waals surface area contributed by atoms with Crippen LogP contribution in [0, 0.1) is 0 Å². The lowest BCUT2D eigenvalue weighted by Crippen LogP contribution is -2.02. The van der Waals surface area contributed by atoms with Crippen LogP contribution in [0.15, 0.2) is 42.6 Å². The molecule has 0 unspecified atom stereocenters. The van der Waals surface area contributed by atoms with E-state index in [4.69, 9.17) is 0 Å². The van der Waals surface area contributed by atoms with Crippen molar-refractivity contribution in [3.05, 3.63) is 54.0 Å². The Morgan fingerprint density at radius 2 is 1.94 bits per heavy atom. The molecule has 0 amide bonds. The van der Waals surface area contributed by atoms with Crippen LogP contribution in [-0.4, -0.2) is 20.0 Å². The fourth-order valence-corrected chi connectivity index (χ4v) is 2.10. The van der Waals surface area contributed by atoms with Gasteiger partial charge >= 0.3 is 0 Å². The number of fused-ring (bicyclic) bond motifs is 1. The number of pyridine rings is 1. The molecular formula is C13H11BrN4. The molecule has 0 radical (unpaired) electrons. The Balaban J connectivity index is 1.90. The number of aromatic nitrogens is 4. The van der Waals surface area contributed by atoms with Gasteiger partial charge in [0.25, 0.3) is 0 Å². The molecule has 4 nitrogen and oxygen atoms in total. The van der Waals surface area contributed by atoms with Crippen LogP contribution in [0.2, 0.25) is 0 Å². The van der Waals surface area contributed by atoms with E-state index in [2.05, 4.69) is 43.4 Å². The van der Waals surface area contributed by atoms with Crippen molar-refractivity contribution < 1.29 is 0 Å². The van der Waals surface area contributed by atoms with Crippen LogP contribution in [0.5, 0.6) is 0 Å². The van der Waals surface area contributed by atoms with Gasteiger partial charge in [0, 0.05) is 16.9 Å². The van der Waals surface area contributed by atoms with Crippen molar-refractivity contribution in [3.8, 4) is 0 Å². The summed E-state index contributed by atoms with van der Waals surface area (Å²) in [5, 5.41) is 9.96. The minimum absolute atomic E-state index is 0.644. The predicted octanol–water partition coefficient (Wildman–Crippen LogP) is 2.77. The summed E-state index contributed by atoms with van der Waals surface area (Å²) in [7, 11) is 0. The number of para-hydroxylation sites is 1. The van der Waals surface area contributed by atoms with Gasteiger partial charge in [-0.3, -0.25) is 4.98 Å². The summed E-state index contributed by atoms with van der Waals surface area (Å²) in [4.78, 5) is 4.61. The number of hydrogen-bond acceptors (Lipinski definition) is 3. The Morgan fingerprint density at radius 1 is 1.06 bits per heavy atom. The topological polar surface area (TPSA) is 43.6 Å². The minimum atomic E-state index is 0.644. The second-order valence-electron chi connectivity index (χ2n) is 4.04. The Hall–Kier alpha value is -1.75. The molecule has 0 saturated heterocycles. The van der Waals surface area contributed by atoms with E-state index < -0.39 is 0 Å². The number of rotatable bonds is 3. The SMILES string of the molecule is BrCc1cn(Cc2ccc3ccccc3n2)nn1. The largest absolute Gasteiger partial charge is 0.251 e. The fraction of sp³-hybridized carbons (Fsp3) is 0.154. The molecule has 0 aliphatic heterocycles. The van der Waals surface area contributed by atoms with Gasteiger partial charge in [-0.1, -0.05) is 45.4 Å². The molecule has 1 aromatic carbocycles. The van der Waals surface area contributed by atoms with E-state index in [1.54, 1.807) is 4.68 Å². The highest BCUT2D eigenvalue weighted by molar-refractivity contribution is 9.08. The molecular weight excluding hydrogens is 292 g/mol. The number of nitrogens with zero attached hydrogens (tertiary/aromatic N) is 4.